The Hall–Kier alpha value is -2.29. The van der Waals surface area contributed by atoms with Gasteiger partial charge in [-0.25, -0.2) is 13.1 Å². The van der Waals surface area contributed by atoms with Crippen molar-refractivity contribution in [1.29, 1.82) is 0 Å². The number of aromatic nitrogens is 1. The molecule has 27 heavy (non-hydrogen) atoms. The van der Waals surface area contributed by atoms with Gasteiger partial charge in [0.05, 0.1) is 4.90 Å². The van der Waals surface area contributed by atoms with E-state index in [1.54, 1.807) is 36.5 Å². The van der Waals surface area contributed by atoms with Gasteiger partial charge in [-0.2, -0.15) is 0 Å². The third-order valence-electron chi connectivity index (χ3n) is 4.09. The third kappa shape index (κ3) is 6.42. The topological polar surface area (TPSA) is 82.6 Å². The van der Waals surface area contributed by atoms with Crippen molar-refractivity contribution >= 4 is 15.9 Å². The van der Waals surface area contributed by atoms with Crippen molar-refractivity contribution in [3.63, 3.8) is 0 Å². The first-order chi connectivity index (χ1) is 12.8. The zero-order valence-electron chi connectivity index (χ0n) is 15.9. The Kier molecular flexibility index (Phi) is 7.46. The van der Waals surface area contributed by atoms with E-state index in [0.717, 1.165) is 12.0 Å². The molecule has 0 radical (unpaired) electrons. The van der Waals surface area contributed by atoms with Crippen LogP contribution >= 0.6 is 0 Å². The lowest BCUT2D eigenvalue weighted by Crippen LogP contribution is -2.31. The van der Waals surface area contributed by atoms with Crippen LogP contribution in [0.25, 0.3) is 0 Å². The lowest BCUT2D eigenvalue weighted by Gasteiger charge is -2.17. The maximum Gasteiger partial charge on any atom is 0.253 e. The predicted molar refractivity (Wildman–Crippen MR) is 105 cm³/mol. The summed E-state index contributed by atoms with van der Waals surface area (Å²) in [7, 11) is 1.91. The summed E-state index contributed by atoms with van der Waals surface area (Å²) >= 11 is 0. The molecule has 7 nitrogen and oxygen atoms in total. The molecule has 1 aromatic heterocycles. The van der Waals surface area contributed by atoms with E-state index in [1.165, 1.54) is 12.1 Å². The number of benzene rings is 1. The number of hydrogen-bond donors (Lipinski definition) is 1. The number of pyridine rings is 1. The molecule has 8 heteroatoms. The zero-order chi connectivity index (χ0) is 19.9. The molecule has 1 amide bonds. The number of carbonyl (C=O) groups is 1. The van der Waals surface area contributed by atoms with Crippen molar-refractivity contribution in [3.8, 4) is 0 Å². The van der Waals surface area contributed by atoms with E-state index in [2.05, 4.69) is 9.71 Å². The molecule has 0 bridgehead atoms. The molecule has 1 heterocycles. The number of amides is 1. The SMILES string of the molecule is CN(C)CCNS(=O)(=O)c1ccc(C(=O)N(C)CCc2ccncc2)cc1. The Morgan fingerprint density at radius 1 is 1.00 bits per heavy atom. The normalized spacial score (nSPS) is 11.6. The molecule has 0 aliphatic heterocycles. The van der Waals surface area contributed by atoms with Crippen molar-refractivity contribution in [1.82, 2.24) is 19.5 Å². The standard InChI is InChI=1S/C19H26N4O3S/c1-22(2)15-13-21-27(25,26)18-6-4-17(5-7-18)19(24)23(3)14-10-16-8-11-20-12-9-16/h4-9,11-12,21H,10,13-15H2,1-3H3. The number of sulfonamides is 1. The summed E-state index contributed by atoms with van der Waals surface area (Å²) < 4.78 is 27.1. The molecule has 0 saturated heterocycles. The predicted octanol–water partition coefficient (Wildman–Crippen LogP) is 1.24. The van der Waals surface area contributed by atoms with Gasteiger partial charge in [0.2, 0.25) is 10.0 Å². The first-order valence-electron chi connectivity index (χ1n) is 8.68. The summed E-state index contributed by atoms with van der Waals surface area (Å²) in [5, 5.41) is 0. The first kappa shape index (κ1) is 21.0. The van der Waals surface area contributed by atoms with Crippen molar-refractivity contribution in [2.45, 2.75) is 11.3 Å². The fourth-order valence-corrected chi connectivity index (χ4v) is 3.45. The molecular formula is C19H26N4O3S. The minimum atomic E-state index is -3.57. The molecule has 0 aliphatic rings. The van der Waals surface area contributed by atoms with Crippen LogP contribution in [0.2, 0.25) is 0 Å². The number of rotatable bonds is 9. The minimum absolute atomic E-state index is 0.145. The van der Waals surface area contributed by atoms with Gasteiger partial charge in [0, 0.05) is 44.6 Å². The minimum Gasteiger partial charge on any atom is -0.341 e. The molecule has 0 spiro atoms. The second-order valence-corrected chi connectivity index (χ2v) is 8.32. The molecule has 0 saturated carbocycles. The van der Waals surface area contributed by atoms with Crippen molar-refractivity contribution < 1.29 is 13.2 Å². The monoisotopic (exact) mass is 390 g/mol. The summed E-state index contributed by atoms with van der Waals surface area (Å²) in [4.78, 5) is 20.2. The summed E-state index contributed by atoms with van der Waals surface area (Å²) in [6.45, 7) is 1.50. The number of nitrogens with one attached hydrogen (secondary N) is 1. The van der Waals surface area contributed by atoms with Crippen LogP contribution in [0.3, 0.4) is 0 Å². The number of likely N-dealkylation sites (N-methyl/N-ethyl adjacent to an activating group) is 2. The Bertz CT molecular complexity index is 837. The largest absolute Gasteiger partial charge is 0.341 e. The van der Waals surface area contributed by atoms with E-state index in [4.69, 9.17) is 0 Å². The Morgan fingerprint density at radius 3 is 2.22 bits per heavy atom. The molecule has 1 N–H and O–H groups in total. The average Bonchev–Trinajstić information content (AvgIpc) is 2.66. The van der Waals surface area contributed by atoms with E-state index in [1.807, 2.05) is 31.1 Å². The van der Waals surface area contributed by atoms with Gasteiger partial charge in [-0.05, 0) is 62.5 Å². The second kappa shape index (κ2) is 9.59. The molecule has 0 atom stereocenters. The van der Waals surface area contributed by atoms with Gasteiger partial charge in [-0.15, -0.1) is 0 Å². The van der Waals surface area contributed by atoms with E-state index in [9.17, 15) is 13.2 Å². The first-order valence-corrected chi connectivity index (χ1v) is 10.2. The highest BCUT2D eigenvalue weighted by molar-refractivity contribution is 7.89. The molecule has 1 aromatic carbocycles. The van der Waals surface area contributed by atoms with Crippen LogP contribution < -0.4 is 4.72 Å². The quantitative estimate of drug-likeness (QED) is 0.697. The third-order valence-corrected chi connectivity index (χ3v) is 5.57. The van der Waals surface area contributed by atoms with Gasteiger partial charge < -0.3 is 9.80 Å². The van der Waals surface area contributed by atoms with Gasteiger partial charge in [-0.3, -0.25) is 9.78 Å². The highest BCUT2D eigenvalue weighted by atomic mass is 32.2. The highest BCUT2D eigenvalue weighted by Crippen LogP contribution is 2.12. The van der Waals surface area contributed by atoms with Crippen LogP contribution in [0.5, 0.6) is 0 Å². The fourth-order valence-electron chi connectivity index (χ4n) is 2.43. The smallest absolute Gasteiger partial charge is 0.253 e. The summed E-state index contributed by atoms with van der Waals surface area (Å²) in [5.41, 5.74) is 1.56. The number of carbonyl (C=O) groups excluding carboxylic acids is 1. The van der Waals surface area contributed by atoms with E-state index < -0.39 is 10.0 Å². The Morgan fingerprint density at radius 2 is 1.63 bits per heavy atom. The fraction of sp³-hybridized carbons (Fsp3) is 0.368. The van der Waals surface area contributed by atoms with Gasteiger partial charge >= 0.3 is 0 Å². The Labute approximate surface area is 161 Å². The van der Waals surface area contributed by atoms with Crippen LogP contribution in [-0.2, 0) is 16.4 Å². The molecule has 0 aliphatic carbocycles. The lowest BCUT2D eigenvalue weighted by molar-refractivity contribution is 0.0796. The van der Waals surface area contributed by atoms with Crippen LogP contribution in [-0.4, -0.2) is 69.9 Å². The molecule has 146 valence electrons. The van der Waals surface area contributed by atoms with Gasteiger partial charge in [0.1, 0.15) is 0 Å². The van der Waals surface area contributed by atoms with Crippen LogP contribution in [0.1, 0.15) is 15.9 Å². The van der Waals surface area contributed by atoms with Crippen molar-refractivity contribution in [3.05, 3.63) is 59.9 Å². The lowest BCUT2D eigenvalue weighted by atomic mass is 10.1. The molecule has 2 rings (SSSR count). The van der Waals surface area contributed by atoms with Crippen molar-refractivity contribution in [2.24, 2.45) is 0 Å². The summed E-state index contributed by atoms with van der Waals surface area (Å²) in [6.07, 6.45) is 4.18. The van der Waals surface area contributed by atoms with Gasteiger partial charge in [0.15, 0.2) is 0 Å². The van der Waals surface area contributed by atoms with Gasteiger partial charge in [-0.1, -0.05) is 0 Å². The number of hydrogen-bond acceptors (Lipinski definition) is 5. The Balaban J connectivity index is 1.95. The van der Waals surface area contributed by atoms with Crippen LogP contribution in [0.15, 0.2) is 53.7 Å². The molecular weight excluding hydrogens is 364 g/mol. The van der Waals surface area contributed by atoms with E-state index >= 15 is 0 Å². The average molecular weight is 391 g/mol. The molecule has 2 aromatic rings. The molecule has 0 fully saturated rings. The van der Waals surface area contributed by atoms with E-state index in [0.29, 0.717) is 25.2 Å². The number of nitrogens with zero attached hydrogens (tertiary/aromatic N) is 3. The van der Waals surface area contributed by atoms with Crippen LogP contribution in [0, 0.1) is 0 Å². The maximum absolute atomic E-state index is 12.5. The maximum atomic E-state index is 12.5. The zero-order valence-corrected chi connectivity index (χ0v) is 16.7. The van der Waals surface area contributed by atoms with E-state index in [-0.39, 0.29) is 10.8 Å². The summed E-state index contributed by atoms with van der Waals surface area (Å²) in [5.74, 6) is -0.145. The second-order valence-electron chi connectivity index (χ2n) is 6.56. The van der Waals surface area contributed by atoms with Crippen molar-refractivity contribution in [2.75, 3.05) is 40.8 Å². The van der Waals surface area contributed by atoms with Crippen LogP contribution in [0.4, 0.5) is 0 Å². The van der Waals surface area contributed by atoms with Gasteiger partial charge in [0.25, 0.3) is 5.91 Å². The molecule has 0 unspecified atom stereocenters. The highest BCUT2D eigenvalue weighted by Gasteiger charge is 2.16. The summed E-state index contributed by atoms with van der Waals surface area (Å²) in [6, 6.07) is 9.85.